The molecule has 1 aliphatic carbocycles. The molecule has 0 fully saturated rings. The highest BCUT2D eigenvalue weighted by molar-refractivity contribution is 5.81. The van der Waals surface area contributed by atoms with Crippen LogP contribution in [0.15, 0.2) is 49.1 Å². The summed E-state index contributed by atoms with van der Waals surface area (Å²) in [6, 6.07) is 5.53. The smallest absolute Gasteiger partial charge is 0.405 e. The van der Waals surface area contributed by atoms with E-state index in [2.05, 4.69) is 15.3 Å². The minimum atomic E-state index is -1.33. The van der Waals surface area contributed by atoms with E-state index in [1.807, 2.05) is 12.1 Å². The highest BCUT2D eigenvalue weighted by Crippen LogP contribution is 2.32. The highest BCUT2D eigenvalue weighted by atomic mass is 16.4. The number of carbonyl (C=O) groups excluding carboxylic acids is 1. The molecule has 6 nitrogen and oxygen atoms in total. The summed E-state index contributed by atoms with van der Waals surface area (Å²) in [4.78, 5) is 30.5. The van der Waals surface area contributed by atoms with Gasteiger partial charge in [0.2, 0.25) is 0 Å². The number of carboxylic acid groups (broad SMARTS) is 1. The fraction of sp³-hybridized carbons (Fsp3) is 0.125. The summed E-state index contributed by atoms with van der Waals surface area (Å²) in [5.41, 5.74) is 2.00. The maximum Gasteiger partial charge on any atom is 0.405 e. The molecular weight excluding hydrogens is 282 g/mol. The molecule has 0 unspecified atom stereocenters. The lowest BCUT2D eigenvalue weighted by atomic mass is 9.81. The predicted molar refractivity (Wildman–Crippen MR) is 79.2 cm³/mol. The van der Waals surface area contributed by atoms with Crippen molar-refractivity contribution in [2.75, 3.05) is 0 Å². The van der Waals surface area contributed by atoms with Crippen LogP contribution in [0.4, 0.5) is 4.79 Å². The number of carbonyl (C=O) groups is 2. The molecule has 2 N–H and O–H groups in total. The number of benzene rings is 1. The first kappa shape index (κ1) is 13.9. The van der Waals surface area contributed by atoms with Crippen LogP contribution in [0.3, 0.4) is 0 Å². The molecule has 22 heavy (non-hydrogen) atoms. The van der Waals surface area contributed by atoms with Crippen LogP contribution >= 0.6 is 0 Å². The lowest BCUT2D eigenvalue weighted by Crippen LogP contribution is -2.46. The van der Waals surface area contributed by atoms with Gasteiger partial charge < -0.3 is 10.4 Å². The fourth-order valence-corrected chi connectivity index (χ4v) is 2.67. The van der Waals surface area contributed by atoms with Gasteiger partial charge in [-0.25, -0.2) is 14.8 Å². The summed E-state index contributed by atoms with van der Waals surface area (Å²) in [6.45, 7) is 0. The SMILES string of the molecule is O=C[C@]1(NC(=O)O)C=CCc2cc(-c3cncnc3)ccc21. The van der Waals surface area contributed by atoms with Crippen molar-refractivity contribution >= 4 is 12.4 Å². The summed E-state index contributed by atoms with van der Waals surface area (Å²) < 4.78 is 0. The Labute approximate surface area is 126 Å². The Morgan fingerprint density at radius 3 is 2.73 bits per heavy atom. The molecule has 1 atom stereocenters. The van der Waals surface area contributed by atoms with E-state index in [-0.39, 0.29) is 0 Å². The van der Waals surface area contributed by atoms with Crippen LogP contribution in [0.25, 0.3) is 11.1 Å². The lowest BCUT2D eigenvalue weighted by molar-refractivity contribution is -0.112. The Kier molecular flexibility index (Phi) is 3.42. The number of hydrogen-bond acceptors (Lipinski definition) is 4. The number of aldehydes is 1. The molecule has 0 aliphatic heterocycles. The molecule has 0 saturated heterocycles. The first-order valence-corrected chi connectivity index (χ1v) is 6.68. The number of amides is 1. The third kappa shape index (κ3) is 2.35. The first-order valence-electron chi connectivity index (χ1n) is 6.68. The number of allylic oxidation sites excluding steroid dienone is 1. The summed E-state index contributed by atoms with van der Waals surface area (Å²) in [6.07, 6.45) is 8.24. The number of nitrogens with one attached hydrogen (secondary N) is 1. The van der Waals surface area contributed by atoms with Crippen LogP contribution in [-0.2, 0) is 16.8 Å². The molecule has 1 heterocycles. The van der Waals surface area contributed by atoms with Gasteiger partial charge in [0.1, 0.15) is 11.9 Å². The third-order valence-electron chi connectivity index (χ3n) is 3.66. The van der Waals surface area contributed by atoms with Gasteiger partial charge in [-0.05, 0) is 23.1 Å². The zero-order valence-electron chi connectivity index (χ0n) is 11.6. The Bertz CT molecular complexity index is 758. The van der Waals surface area contributed by atoms with Crippen molar-refractivity contribution in [3.8, 4) is 11.1 Å². The number of hydrogen-bond donors (Lipinski definition) is 2. The van der Waals surface area contributed by atoms with Crippen LogP contribution in [0, 0.1) is 0 Å². The summed E-state index contributed by atoms with van der Waals surface area (Å²) >= 11 is 0. The zero-order valence-corrected chi connectivity index (χ0v) is 11.6. The van der Waals surface area contributed by atoms with Gasteiger partial charge in [0.25, 0.3) is 0 Å². The maximum atomic E-state index is 11.5. The van der Waals surface area contributed by atoms with E-state index in [0.717, 1.165) is 16.7 Å². The average Bonchev–Trinajstić information content (AvgIpc) is 2.55. The predicted octanol–water partition coefficient (Wildman–Crippen LogP) is 1.92. The number of nitrogens with zero attached hydrogens (tertiary/aromatic N) is 2. The Hall–Kier alpha value is -3.02. The van der Waals surface area contributed by atoms with Crippen molar-refractivity contribution in [2.45, 2.75) is 12.0 Å². The van der Waals surface area contributed by atoms with Crippen LogP contribution in [0.5, 0.6) is 0 Å². The van der Waals surface area contributed by atoms with Gasteiger partial charge in [0.05, 0.1) is 0 Å². The average molecular weight is 295 g/mol. The summed E-state index contributed by atoms with van der Waals surface area (Å²) in [5, 5.41) is 11.3. The van der Waals surface area contributed by atoms with Gasteiger partial charge in [-0.2, -0.15) is 0 Å². The Balaban J connectivity index is 2.08. The van der Waals surface area contributed by atoms with Crippen molar-refractivity contribution in [2.24, 2.45) is 0 Å². The molecule has 0 radical (unpaired) electrons. The summed E-state index contributed by atoms with van der Waals surface area (Å²) in [7, 11) is 0. The van der Waals surface area contributed by atoms with Crippen molar-refractivity contribution in [3.05, 3.63) is 60.2 Å². The molecule has 2 aromatic rings. The van der Waals surface area contributed by atoms with E-state index < -0.39 is 11.6 Å². The van der Waals surface area contributed by atoms with E-state index in [0.29, 0.717) is 18.3 Å². The van der Waals surface area contributed by atoms with Gasteiger partial charge in [0.15, 0.2) is 6.29 Å². The molecule has 0 spiro atoms. The van der Waals surface area contributed by atoms with E-state index in [1.165, 1.54) is 6.33 Å². The van der Waals surface area contributed by atoms with Crippen molar-refractivity contribution in [1.82, 2.24) is 15.3 Å². The van der Waals surface area contributed by atoms with Crippen molar-refractivity contribution in [3.63, 3.8) is 0 Å². The molecule has 1 aliphatic rings. The number of aromatic nitrogens is 2. The normalized spacial score (nSPS) is 19.3. The highest BCUT2D eigenvalue weighted by Gasteiger charge is 2.35. The quantitative estimate of drug-likeness (QED) is 0.666. The van der Waals surface area contributed by atoms with Crippen molar-refractivity contribution < 1.29 is 14.7 Å². The second kappa shape index (κ2) is 5.40. The van der Waals surface area contributed by atoms with Gasteiger partial charge >= 0.3 is 6.09 Å². The van der Waals surface area contributed by atoms with Crippen LogP contribution < -0.4 is 5.32 Å². The monoisotopic (exact) mass is 295 g/mol. The summed E-state index contributed by atoms with van der Waals surface area (Å²) in [5.74, 6) is 0. The fourth-order valence-electron chi connectivity index (χ4n) is 2.67. The molecule has 110 valence electrons. The number of rotatable bonds is 3. The topological polar surface area (TPSA) is 92.2 Å². The minimum Gasteiger partial charge on any atom is -0.465 e. The molecule has 1 aromatic heterocycles. The molecule has 0 saturated carbocycles. The van der Waals surface area contributed by atoms with E-state index >= 15 is 0 Å². The van der Waals surface area contributed by atoms with Crippen LogP contribution in [0.2, 0.25) is 0 Å². The molecule has 3 rings (SSSR count). The molecule has 1 aromatic carbocycles. The minimum absolute atomic E-state index is 0.612. The lowest BCUT2D eigenvalue weighted by Gasteiger charge is -2.30. The Morgan fingerprint density at radius 1 is 1.27 bits per heavy atom. The zero-order chi connectivity index (χ0) is 15.6. The molecular formula is C16H13N3O3. The van der Waals surface area contributed by atoms with E-state index in [9.17, 15) is 9.59 Å². The van der Waals surface area contributed by atoms with E-state index in [4.69, 9.17) is 5.11 Å². The van der Waals surface area contributed by atoms with Gasteiger partial charge in [-0.15, -0.1) is 0 Å². The Morgan fingerprint density at radius 2 is 2.05 bits per heavy atom. The van der Waals surface area contributed by atoms with Gasteiger partial charge in [0, 0.05) is 18.0 Å². The largest absolute Gasteiger partial charge is 0.465 e. The van der Waals surface area contributed by atoms with Gasteiger partial charge in [-0.1, -0.05) is 30.4 Å². The maximum absolute atomic E-state index is 11.5. The van der Waals surface area contributed by atoms with E-state index in [1.54, 1.807) is 30.6 Å². The third-order valence-corrected chi connectivity index (χ3v) is 3.66. The standard InChI is InChI=1S/C16H13N3O3/c20-9-16(19-15(21)22)5-1-2-12-6-11(3-4-14(12)16)13-7-17-10-18-8-13/h1,3-10,19H,2H2,(H,21,22)/t16-/m1/s1. The van der Waals surface area contributed by atoms with Crippen LogP contribution in [0.1, 0.15) is 11.1 Å². The molecule has 1 amide bonds. The molecule has 0 bridgehead atoms. The molecule has 6 heteroatoms. The second-order valence-electron chi connectivity index (χ2n) is 5.02. The second-order valence-corrected chi connectivity index (χ2v) is 5.02. The first-order chi connectivity index (χ1) is 10.6. The van der Waals surface area contributed by atoms with Crippen LogP contribution in [-0.4, -0.2) is 27.5 Å². The number of fused-ring (bicyclic) bond motifs is 1. The van der Waals surface area contributed by atoms with Crippen molar-refractivity contribution in [1.29, 1.82) is 0 Å². The van der Waals surface area contributed by atoms with Gasteiger partial charge in [-0.3, -0.25) is 4.79 Å².